The van der Waals surface area contributed by atoms with E-state index in [4.69, 9.17) is 11.0 Å². The lowest BCUT2D eigenvalue weighted by atomic mass is 10.1. The molecule has 0 fully saturated rings. The standard InChI is InChI=1S/C10H7BrN4/c11-8-2-1-6(4-12)3-7(8)10-9(13)5-14-15-10/h1-3,5H,13H2,(H,14,15). The highest BCUT2D eigenvalue weighted by Crippen LogP contribution is 2.30. The van der Waals surface area contributed by atoms with E-state index in [-0.39, 0.29) is 0 Å². The minimum absolute atomic E-state index is 0.561. The lowest BCUT2D eigenvalue weighted by Crippen LogP contribution is -1.88. The smallest absolute Gasteiger partial charge is 0.0991 e. The van der Waals surface area contributed by atoms with Crippen molar-refractivity contribution in [2.75, 3.05) is 5.73 Å². The predicted octanol–water partition coefficient (Wildman–Crippen LogP) is 2.29. The zero-order valence-electron chi connectivity index (χ0n) is 7.66. The van der Waals surface area contributed by atoms with Gasteiger partial charge in [0.1, 0.15) is 0 Å². The number of nitrogens with two attached hydrogens (primary N) is 1. The van der Waals surface area contributed by atoms with E-state index in [0.29, 0.717) is 11.3 Å². The van der Waals surface area contributed by atoms with E-state index in [1.807, 2.05) is 6.07 Å². The summed E-state index contributed by atoms with van der Waals surface area (Å²) in [6.45, 7) is 0. The Labute approximate surface area is 94.9 Å². The molecule has 0 aliphatic carbocycles. The average Bonchev–Trinajstić information content (AvgIpc) is 2.65. The molecular weight excluding hydrogens is 256 g/mol. The van der Waals surface area contributed by atoms with E-state index in [1.165, 1.54) is 0 Å². The Morgan fingerprint density at radius 3 is 2.87 bits per heavy atom. The minimum Gasteiger partial charge on any atom is -0.396 e. The lowest BCUT2D eigenvalue weighted by Gasteiger charge is -2.03. The molecule has 1 aromatic heterocycles. The first-order chi connectivity index (χ1) is 7.22. The van der Waals surface area contributed by atoms with Crippen LogP contribution in [0.25, 0.3) is 11.3 Å². The van der Waals surface area contributed by atoms with E-state index in [2.05, 4.69) is 32.2 Å². The lowest BCUT2D eigenvalue weighted by molar-refractivity contribution is 1.09. The average molecular weight is 263 g/mol. The fraction of sp³-hybridized carbons (Fsp3) is 0. The monoisotopic (exact) mass is 262 g/mol. The molecule has 0 atom stereocenters. The van der Waals surface area contributed by atoms with Gasteiger partial charge in [0.25, 0.3) is 0 Å². The Balaban J connectivity index is 2.63. The van der Waals surface area contributed by atoms with Gasteiger partial charge in [-0.1, -0.05) is 15.9 Å². The van der Waals surface area contributed by atoms with E-state index in [9.17, 15) is 0 Å². The summed E-state index contributed by atoms with van der Waals surface area (Å²) in [7, 11) is 0. The zero-order valence-corrected chi connectivity index (χ0v) is 9.25. The van der Waals surface area contributed by atoms with E-state index < -0.39 is 0 Å². The zero-order chi connectivity index (χ0) is 10.8. The van der Waals surface area contributed by atoms with Gasteiger partial charge in [-0.3, -0.25) is 5.10 Å². The summed E-state index contributed by atoms with van der Waals surface area (Å²) in [5.41, 5.74) is 8.44. The van der Waals surface area contributed by atoms with Gasteiger partial charge in [-0.05, 0) is 18.2 Å². The van der Waals surface area contributed by atoms with Gasteiger partial charge in [0.05, 0.1) is 29.2 Å². The number of rotatable bonds is 1. The number of aromatic nitrogens is 2. The van der Waals surface area contributed by atoms with Crippen LogP contribution in [0.2, 0.25) is 0 Å². The molecule has 0 saturated heterocycles. The molecular formula is C10H7BrN4. The van der Waals surface area contributed by atoms with Crippen molar-refractivity contribution in [2.45, 2.75) is 0 Å². The van der Waals surface area contributed by atoms with E-state index >= 15 is 0 Å². The topological polar surface area (TPSA) is 78.5 Å². The van der Waals surface area contributed by atoms with Crippen molar-refractivity contribution in [3.05, 3.63) is 34.4 Å². The summed E-state index contributed by atoms with van der Waals surface area (Å²) in [6, 6.07) is 7.39. The second-order valence-corrected chi connectivity index (χ2v) is 3.86. The summed E-state index contributed by atoms with van der Waals surface area (Å²) < 4.78 is 0.873. The number of hydrogen-bond acceptors (Lipinski definition) is 3. The van der Waals surface area contributed by atoms with Crippen molar-refractivity contribution in [2.24, 2.45) is 0 Å². The van der Waals surface area contributed by atoms with Crippen molar-refractivity contribution in [3.8, 4) is 17.3 Å². The molecule has 4 nitrogen and oxygen atoms in total. The second kappa shape index (κ2) is 3.75. The number of H-pyrrole nitrogens is 1. The predicted molar refractivity (Wildman–Crippen MR) is 60.9 cm³/mol. The van der Waals surface area contributed by atoms with Gasteiger partial charge < -0.3 is 5.73 Å². The van der Waals surface area contributed by atoms with Crippen LogP contribution in [-0.2, 0) is 0 Å². The molecule has 0 aliphatic heterocycles. The number of halogens is 1. The Morgan fingerprint density at radius 2 is 2.27 bits per heavy atom. The normalized spacial score (nSPS) is 9.87. The molecule has 15 heavy (non-hydrogen) atoms. The number of aromatic amines is 1. The molecule has 1 heterocycles. The molecule has 3 N–H and O–H groups in total. The third-order valence-corrected chi connectivity index (χ3v) is 2.72. The molecule has 0 aliphatic rings. The maximum Gasteiger partial charge on any atom is 0.0991 e. The van der Waals surface area contributed by atoms with Crippen LogP contribution in [-0.4, -0.2) is 10.2 Å². The summed E-state index contributed by atoms with van der Waals surface area (Å²) in [4.78, 5) is 0. The van der Waals surface area contributed by atoms with Gasteiger partial charge in [0, 0.05) is 10.0 Å². The Bertz CT molecular complexity index is 539. The molecule has 0 bridgehead atoms. The van der Waals surface area contributed by atoms with Crippen LogP contribution in [0, 0.1) is 11.3 Å². The van der Waals surface area contributed by atoms with Crippen molar-refractivity contribution < 1.29 is 0 Å². The van der Waals surface area contributed by atoms with Crippen LogP contribution in [0.4, 0.5) is 5.69 Å². The van der Waals surface area contributed by atoms with Gasteiger partial charge in [-0.15, -0.1) is 0 Å². The van der Waals surface area contributed by atoms with Gasteiger partial charge in [-0.2, -0.15) is 10.4 Å². The second-order valence-electron chi connectivity index (χ2n) is 3.01. The van der Waals surface area contributed by atoms with Crippen molar-refractivity contribution in [1.82, 2.24) is 10.2 Å². The summed E-state index contributed by atoms with van der Waals surface area (Å²) in [5.74, 6) is 0. The van der Waals surface area contributed by atoms with Gasteiger partial charge >= 0.3 is 0 Å². The number of nitrogen functional groups attached to an aromatic ring is 1. The quantitative estimate of drug-likeness (QED) is 0.828. The minimum atomic E-state index is 0.561. The third-order valence-electron chi connectivity index (χ3n) is 2.03. The SMILES string of the molecule is N#Cc1ccc(Br)c(-c2[nH]ncc2N)c1. The maximum atomic E-state index is 8.80. The molecule has 2 aromatic rings. The Morgan fingerprint density at radius 1 is 1.47 bits per heavy atom. The Hall–Kier alpha value is -1.80. The summed E-state index contributed by atoms with van der Waals surface area (Å²) >= 11 is 3.40. The molecule has 0 spiro atoms. The first kappa shape index (κ1) is 9.74. The van der Waals surface area contributed by atoms with Crippen LogP contribution >= 0.6 is 15.9 Å². The van der Waals surface area contributed by atoms with Crippen molar-refractivity contribution >= 4 is 21.6 Å². The van der Waals surface area contributed by atoms with Crippen molar-refractivity contribution in [1.29, 1.82) is 5.26 Å². The highest BCUT2D eigenvalue weighted by molar-refractivity contribution is 9.10. The molecule has 1 aromatic carbocycles. The van der Waals surface area contributed by atoms with Crippen LogP contribution in [0.1, 0.15) is 5.56 Å². The van der Waals surface area contributed by atoms with Crippen LogP contribution in [0.15, 0.2) is 28.9 Å². The maximum absolute atomic E-state index is 8.80. The molecule has 0 radical (unpaired) electrons. The highest BCUT2D eigenvalue weighted by atomic mass is 79.9. The summed E-state index contributed by atoms with van der Waals surface area (Å²) in [6.07, 6.45) is 1.54. The first-order valence-corrected chi connectivity index (χ1v) is 5.00. The van der Waals surface area contributed by atoms with E-state index in [0.717, 1.165) is 15.7 Å². The number of nitrogens with zero attached hydrogens (tertiary/aromatic N) is 2. The van der Waals surface area contributed by atoms with Crippen molar-refractivity contribution in [3.63, 3.8) is 0 Å². The number of nitrogens with one attached hydrogen (secondary N) is 1. The Kier molecular flexibility index (Phi) is 2.44. The van der Waals surface area contributed by atoms with Gasteiger partial charge in [0.2, 0.25) is 0 Å². The highest BCUT2D eigenvalue weighted by Gasteiger charge is 2.09. The van der Waals surface area contributed by atoms with Crippen LogP contribution in [0.5, 0.6) is 0 Å². The number of hydrogen-bond donors (Lipinski definition) is 2. The molecule has 74 valence electrons. The molecule has 2 rings (SSSR count). The van der Waals surface area contributed by atoms with Gasteiger partial charge in [-0.25, -0.2) is 0 Å². The fourth-order valence-electron chi connectivity index (χ4n) is 1.30. The molecule has 0 amide bonds. The number of anilines is 1. The molecule has 5 heteroatoms. The van der Waals surface area contributed by atoms with Crippen LogP contribution in [0.3, 0.4) is 0 Å². The van der Waals surface area contributed by atoms with E-state index in [1.54, 1.807) is 18.3 Å². The molecule has 0 unspecified atom stereocenters. The molecule has 0 saturated carbocycles. The largest absolute Gasteiger partial charge is 0.396 e. The number of benzene rings is 1. The first-order valence-electron chi connectivity index (χ1n) is 4.21. The summed E-state index contributed by atoms with van der Waals surface area (Å²) in [5, 5.41) is 15.4. The number of nitriles is 1. The third kappa shape index (κ3) is 1.72. The fourth-order valence-corrected chi connectivity index (χ4v) is 1.74. The van der Waals surface area contributed by atoms with Gasteiger partial charge in [0.15, 0.2) is 0 Å². The van der Waals surface area contributed by atoms with Crippen LogP contribution < -0.4 is 5.73 Å².